The van der Waals surface area contributed by atoms with Crippen molar-refractivity contribution in [3.8, 4) is 0 Å². The van der Waals surface area contributed by atoms with Crippen LogP contribution in [0.15, 0.2) is 43.0 Å². The molecule has 1 aliphatic rings. The first-order valence-electron chi connectivity index (χ1n) is 9.43. The SMILES string of the molecule is C=CC(=O)NCC(C)(C)C1CCN(C(=O)C(C)(C)c2ccccc2)CC1. The van der Waals surface area contributed by atoms with Crippen molar-refractivity contribution >= 4 is 11.8 Å². The van der Waals surface area contributed by atoms with Crippen molar-refractivity contribution in [2.45, 2.75) is 46.0 Å². The Morgan fingerprint density at radius 2 is 1.73 bits per heavy atom. The van der Waals surface area contributed by atoms with E-state index >= 15 is 0 Å². The summed E-state index contributed by atoms with van der Waals surface area (Å²) in [4.78, 5) is 26.5. The Morgan fingerprint density at radius 3 is 2.27 bits per heavy atom. The highest BCUT2D eigenvalue weighted by atomic mass is 16.2. The topological polar surface area (TPSA) is 49.4 Å². The molecular weight excluding hydrogens is 324 g/mol. The number of carbonyl (C=O) groups excluding carboxylic acids is 2. The molecule has 0 atom stereocenters. The highest BCUT2D eigenvalue weighted by Crippen LogP contribution is 2.36. The van der Waals surface area contributed by atoms with Crippen LogP contribution in [-0.2, 0) is 15.0 Å². The van der Waals surface area contributed by atoms with E-state index in [1.165, 1.54) is 6.08 Å². The molecular formula is C22H32N2O2. The molecule has 1 heterocycles. The lowest BCUT2D eigenvalue weighted by Crippen LogP contribution is -2.49. The molecule has 1 aromatic carbocycles. The third-order valence-corrected chi connectivity index (χ3v) is 5.82. The number of amides is 2. The highest BCUT2D eigenvalue weighted by molar-refractivity contribution is 5.87. The second kappa shape index (κ2) is 8.07. The van der Waals surface area contributed by atoms with Crippen LogP contribution in [0.4, 0.5) is 0 Å². The zero-order valence-corrected chi connectivity index (χ0v) is 16.5. The summed E-state index contributed by atoms with van der Waals surface area (Å²) in [5.41, 5.74) is 0.546. The van der Waals surface area contributed by atoms with E-state index in [0.717, 1.165) is 31.5 Å². The van der Waals surface area contributed by atoms with Crippen LogP contribution >= 0.6 is 0 Å². The molecule has 4 heteroatoms. The van der Waals surface area contributed by atoms with Crippen molar-refractivity contribution in [1.29, 1.82) is 0 Å². The number of hydrogen-bond donors (Lipinski definition) is 1. The van der Waals surface area contributed by atoms with Gasteiger partial charge in [0.25, 0.3) is 0 Å². The summed E-state index contributed by atoms with van der Waals surface area (Å²) in [5, 5.41) is 2.91. The molecule has 2 amide bonds. The monoisotopic (exact) mass is 356 g/mol. The van der Waals surface area contributed by atoms with Gasteiger partial charge in [-0.1, -0.05) is 50.8 Å². The third-order valence-electron chi connectivity index (χ3n) is 5.82. The van der Waals surface area contributed by atoms with E-state index in [1.54, 1.807) is 0 Å². The number of nitrogens with one attached hydrogen (secondary N) is 1. The van der Waals surface area contributed by atoms with E-state index in [-0.39, 0.29) is 17.2 Å². The third kappa shape index (κ3) is 4.54. The molecule has 1 N–H and O–H groups in total. The maximum Gasteiger partial charge on any atom is 0.243 e. The van der Waals surface area contributed by atoms with Gasteiger partial charge in [-0.2, -0.15) is 0 Å². The standard InChI is InChI=1S/C22H32N2O2/c1-6-19(25)23-16-21(2,3)17-12-14-24(15-13-17)20(26)22(4,5)18-10-8-7-9-11-18/h6-11,17H,1,12-16H2,2-5H3,(H,23,25). The van der Waals surface area contributed by atoms with Crippen LogP contribution in [0.5, 0.6) is 0 Å². The molecule has 1 saturated heterocycles. The van der Waals surface area contributed by atoms with E-state index in [9.17, 15) is 9.59 Å². The van der Waals surface area contributed by atoms with Crippen LogP contribution < -0.4 is 5.32 Å². The lowest BCUT2D eigenvalue weighted by atomic mass is 9.73. The van der Waals surface area contributed by atoms with Crippen molar-refractivity contribution < 1.29 is 9.59 Å². The average Bonchev–Trinajstić information content (AvgIpc) is 2.66. The maximum atomic E-state index is 13.1. The fourth-order valence-electron chi connectivity index (χ4n) is 3.77. The number of hydrogen-bond acceptors (Lipinski definition) is 2. The summed E-state index contributed by atoms with van der Waals surface area (Å²) in [6.07, 6.45) is 3.24. The lowest BCUT2D eigenvalue weighted by molar-refractivity contribution is -0.138. The first kappa shape index (κ1) is 20.2. The van der Waals surface area contributed by atoms with Crippen molar-refractivity contribution in [1.82, 2.24) is 10.2 Å². The summed E-state index contributed by atoms with van der Waals surface area (Å²) >= 11 is 0. The number of benzene rings is 1. The Balaban J connectivity index is 1.96. The first-order chi connectivity index (χ1) is 12.2. The molecule has 0 radical (unpaired) electrons. The van der Waals surface area contributed by atoms with E-state index in [4.69, 9.17) is 0 Å². The zero-order chi connectivity index (χ0) is 19.4. The quantitative estimate of drug-likeness (QED) is 0.793. The van der Waals surface area contributed by atoms with Crippen LogP contribution in [0.3, 0.4) is 0 Å². The molecule has 2 rings (SSSR count). The van der Waals surface area contributed by atoms with Crippen molar-refractivity contribution in [2.75, 3.05) is 19.6 Å². The number of rotatable bonds is 6. The van der Waals surface area contributed by atoms with Crippen LogP contribution in [0.1, 0.15) is 46.1 Å². The van der Waals surface area contributed by atoms with Gasteiger partial charge in [0.2, 0.25) is 11.8 Å². The smallest absolute Gasteiger partial charge is 0.243 e. The molecule has 0 aliphatic carbocycles. The second-order valence-corrected chi connectivity index (χ2v) is 8.47. The van der Waals surface area contributed by atoms with Crippen molar-refractivity contribution in [3.05, 3.63) is 48.6 Å². The highest BCUT2D eigenvalue weighted by Gasteiger charge is 2.38. The van der Waals surface area contributed by atoms with Gasteiger partial charge in [0, 0.05) is 19.6 Å². The number of carbonyl (C=O) groups is 2. The Hall–Kier alpha value is -2.10. The second-order valence-electron chi connectivity index (χ2n) is 8.47. The number of nitrogens with zero attached hydrogens (tertiary/aromatic N) is 1. The van der Waals surface area contributed by atoms with Gasteiger partial charge < -0.3 is 10.2 Å². The molecule has 142 valence electrons. The van der Waals surface area contributed by atoms with Gasteiger partial charge >= 0.3 is 0 Å². The minimum atomic E-state index is -0.512. The predicted octanol–water partition coefficient (Wildman–Crippen LogP) is 3.53. The summed E-state index contributed by atoms with van der Waals surface area (Å²) < 4.78 is 0. The van der Waals surface area contributed by atoms with Gasteiger partial charge in [0.05, 0.1) is 5.41 Å². The van der Waals surface area contributed by atoms with Crippen LogP contribution in [0, 0.1) is 11.3 Å². The largest absolute Gasteiger partial charge is 0.352 e. The summed E-state index contributed by atoms with van der Waals surface area (Å²) in [5.74, 6) is 0.548. The van der Waals surface area contributed by atoms with Gasteiger partial charge in [-0.3, -0.25) is 9.59 Å². The maximum absolute atomic E-state index is 13.1. The summed E-state index contributed by atoms with van der Waals surface area (Å²) in [6.45, 7) is 14.1. The summed E-state index contributed by atoms with van der Waals surface area (Å²) in [6, 6.07) is 9.99. The van der Waals surface area contributed by atoms with E-state index < -0.39 is 5.41 Å². The van der Waals surface area contributed by atoms with Gasteiger partial charge in [0.1, 0.15) is 0 Å². The van der Waals surface area contributed by atoms with Gasteiger partial charge in [-0.15, -0.1) is 0 Å². The molecule has 26 heavy (non-hydrogen) atoms. The predicted molar refractivity (Wildman–Crippen MR) is 106 cm³/mol. The Bertz CT molecular complexity index is 641. The number of piperidine rings is 1. The summed E-state index contributed by atoms with van der Waals surface area (Å²) in [7, 11) is 0. The molecule has 0 aromatic heterocycles. The van der Waals surface area contributed by atoms with Crippen LogP contribution in [0.25, 0.3) is 0 Å². The van der Waals surface area contributed by atoms with Gasteiger partial charge in [0.15, 0.2) is 0 Å². The van der Waals surface area contributed by atoms with E-state index in [0.29, 0.717) is 12.5 Å². The fraction of sp³-hybridized carbons (Fsp3) is 0.545. The van der Waals surface area contributed by atoms with E-state index in [1.807, 2.05) is 49.1 Å². The molecule has 4 nitrogen and oxygen atoms in total. The van der Waals surface area contributed by atoms with Crippen molar-refractivity contribution in [2.24, 2.45) is 11.3 Å². The average molecular weight is 357 g/mol. The fourth-order valence-corrected chi connectivity index (χ4v) is 3.77. The zero-order valence-electron chi connectivity index (χ0n) is 16.5. The van der Waals surface area contributed by atoms with Crippen molar-refractivity contribution in [3.63, 3.8) is 0 Å². The minimum Gasteiger partial charge on any atom is -0.352 e. The van der Waals surface area contributed by atoms with Crippen LogP contribution in [-0.4, -0.2) is 36.3 Å². The van der Waals surface area contributed by atoms with Gasteiger partial charge in [-0.05, 0) is 49.7 Å². The Labute approximate surface area is 157 Å². The molecule has 0 saturated carbocycles. The number of likely N-dealkylation sites (tertiary alicyclic amines) is 1. The molecule has 1 fully saturated rings. The first-order valence-corrected chi connectivity index (χ1v) is 9.43. The molecule has 0 unspecified atom stereocenters. The molecule has 0 bridgehead atoms. The normalized spacial score (nSPS) is 16.2. The minimum absolute atomic E-state index is 0.00273. The lowest BCUT2D eigenvalue weighted by Gasteiger charge is -2.42. The molecule has 1 aliphatic heterocycles. The Morgan fingerprint density at radius 1 is 1.15 bits per heavy atom. The van der Waals surface area contributed by atoms with Gasteiger partial charge in [-0.25, -0.2) is 0 Å². The molecule has 0 spiro atoms. The van der Waals surface area contributed by atoms with E-state index in [2.05, 4.69) is 25.7 Å². The van der Waals surface area contributed by atoms with Crippen LogP contribution in [0.2, 0.25) is 0 Å². The molecule has 1 aromatic rings. The Kier molecular flexibility index (Phi) is 6.27.